The van der Waals surface area contributed by atoms with Crippen molar-refractivity contribution in [1.29, 1.82) is 0 Å². The maximum Gasteiger partial charge on any atom is 0.490 e. The van der Waals surface area contributed by atoms with Gasteiger partial charge in [-0.15, -0.1) is 0 Å². The van der Waals surface area contributed by atoms with Crippen LogP contribution in [-0.4, -0.2) is 109 Å². The number of amides is 1. The standard InChI is InChI=1S/C36H40FN7O7S.C2HF3O2/c37-36(10-15-43(16-11-36)27-8-17-50-18-9-27)23-41-31-4-2-29(21-32(31)44(46)47)52(48,49)42-35(45)30-3-1-25(24-5-12-38-13-6-24)20-33(30)51-28-19-26-7-14-39-34(26)40-22-28;3-2(4,5)1(6)7/h1-5,7,14,19-22,27,38,41H,6,8-13,15-18,23H2,(H,39,40)(H,42,45);(H,6,7). The number of benzene rings is 2. The third-order valence-corrected chi connectivity index (χ3v) is 11.5. The van der Waals surface area contributed by atoms with E-state index in [4.69, 9.17) is 19.4 Å². The number of aromatic amines is 1. The molecule has 2 aromatic carbocycles. The Balaban J connectivity index is 0.000000768. The summed E-state index contributed by atoms with van der Waals surface area (Å²) in [5.41, 5.74) is 0.265. The number of fused-ring (bicyclic) bond motifs is 1. The number of likely N-dealkylation sites (tertiary alicyclic amines) is 1. The van der Waals surface area contributed by atoms with Crippen LogP contribution in [0.15, 0.2) is 71.9 Å². The molecule has 4 aromatic rings. The third kappa shape index (κ3) is 10.9. The van der Waals surface area contributed by atoms with Gasteiger partial charge < -0.3 is 30.2 Å². The van der Waals surface area contributed by atoms with Gasteiger partial charge in [0.25, 0.3) is 21.6 Å². The van der Waals surface area contributed by atoms with Crippen molar-refractivity contribution in [3.05, 3.63) is 88.2 Å². The van der Waals surface area contributed by atoms with Gasteiger partial charge >= 0.3 is 12.1 Å². The molecule has 2 aromatic heterocycles. The van der Waals surface area contributed by atoms with Gasteiger partial charge in [0.05, 0.1) is 21.6 Å². The first-order chi connectivity index (χ1) is 28.0. The van der Waals surface area contributed by atoms with Gasteiger partial charge in [0.1, 0.15) is 28.5 Å². The molecule has 2 saturated heterocycles. The van der Waals surface area contributed by atoms with Crippen molar-refractivity contribution in [1.82, 2.24) is 24.9 Å². The lowest BCUT2D eigenvalue weighted by atomic mass is 9.91. The minimum absolute atomic E-state index is 0.0225. The van der Waals surface area contributed by atoms with Crippen LogP contribution < -0.4 is 20.1 Å². The number of nitrogens with zero attached hydrogens (tertiary/aromatic N) is 3. The van der Waals surface area contributed by atoms with Gasteiger partial charge in [0.2, 0.25) is 0 Å². The molecule has 0 spiro atoms. The molecule has 0 unspecified atom stereocenters. The van der Waals surface area contributed by atoms with E-state index in [2.05, 4.69) is 25.5 Å². The topological polar surface area (TPSA) is 218 Å². The van der Waals surface area contributed by atoms with Gasteiger partial charge in [-0.1, -0.05) is 12.1 Å². The van der Waals surface area contributed by atoms with Crippen LogP contribution in [0, 0.1) is 10.1 Å². The molecule has 16 nitrogen and oxygen atoms in total. The number of carbonyl (C=O) groups excluding carboxylic acids is 1. The van der Waals surface area contributed by atoms with Gasteiger partial charge in [-0.2, -0.15) is 13.2 Å². The molecule has 0 bridgehead atoms. The van der Waals surface area contributed by atoms with Crippen molar-refractivity contribution in [3.63, 3.8) is 0 Å². The molecule has 0 atom stereocenters. The highest BCUT2D eigenvalue weighted by Gasteiger charge is 2.39. The lowest BCUT2D eigenvalue weighted by Gasteiger charge is -2.41. The fourth-order valence-electron chi connectivity index (χ4n) is 6.97. The Kier molecular flexibility index (Phi) is 13.2. The average Bonchev–Trinajstić information content (AvgIpc) is 3.69. The molecule has 3 aliphatic rings. The second-order valence-electron chi connectivity index (χ2n) is 14.1. The summed E-state index contributed by atoms with van der Waals surface area (Å²) in [6.07, 6.45) is 3.30. The minimum Gasteiger partial charge on any atom is -0.475 e. The molecule has 21 heteroatoms. The number of hydrogen-bond acceptors (Lipinski definition) is 12. The molecular formula is C38H41F4N7O9S. The number of anilines is 1. The number of carboxylic acids is 1. The number of rotatable bonds is 11. The predicted octanol–water partition coefficient (Wildman–Crippen LogP) is 5.79. The van der Waals surface area contributed by atoms with Crippen LogP contribution in [0.2, 0.25) is 0 Å². The second kappa shape index (κ2) is 18.1. The molecule has 5 N–H and O–H groups in total. The van der Waals surface area contributed by atoms with Gasteiger partial charge in [-0.25, -0.2) is 27.3 Å². The Hall–Kier alpha value is -5.64. The molecular weight excluding hydrogens is 807 g/mol. The quantitative estimate of drug-likeness (QED) is 0.0687. The van der Waals surface area contributed by atoms with E-state index < -0.39 is 49.3 Å². The van der Waals surface area contributed by atoms with Crippen LogP contribution in [0.4, 0.5) is 28.9 Å². The number of piperidine rings is 1. The van der Waals surface area contributed by atoms with Gasteiger partial charge in [-0.3, -0.25) is 19.8 Å². The van der Waals surface area contributed by atoms with Crippen molar-refractivity contribution in [2.45, 2.75) is 54.9 Å². The van der Waals surface area contributed by atoms with Crippen LogP contribution in [-0.2, 0) is 19.6 Å². The Morgan fingerprint density at radius 1 is 1.10 bits per heavy atom. The fourth-order valence-corrected chi connectivity index (χ4v) is 7.95. The van der Waals surface area contributed by atoms with Crippen molar-refractivity contribution in [2.75, 3.05) is 51.3 Å². The van der Waals surface area contributed by atoms with Crippen LogP contribution in [0.3, 0.4) is 0 Å². The van der Waals surface area contributed by atoms with E-state index in [9.17, 15) is 36.5 Å². The number of carbonyl (C=O) groups is 2. The Morgan fingerprint density at radius 3 is 2.49 bits per heavy atom. The molecule has 0 radical (unpaired) electrons. The fraction of sp³-hybridized carbons (Fsp3) is 0.395. The van der Waals surface area contributed by atoms with E-state index in [0.717, 1.165) is 54.5 Å². The van der Waals surface area contributed by atoms with E-state index in [0.29, 0.717) is 50.3 Å². The summed E-state index contributed by atoms with van der Waals surface area (Å²) in [5.74, 6) is -3.31. The Labute approximate surface area is 335 Å². The summed E-state index contributed by atoms with van der Waals surface area (Å²) in [7, 11) is -4.60. The van der Waals surface area contributed by atoms with Crippen LogP contribution in [0.5, 0.6) is 11.5 Å². The average molecular weight is 848 g/mol. The van der Waals surface area contributed by atoms with E-state index >= 15 is 4.39 Å². The van der Waals surface area contributed by atoms with E-state index in [1.165, 1.54) is 18.3 Å². The molecule has 0 aliphatic carbocycles. The van der Waals surface area contributed by atoms with Crippen molar-refractivity contribution < 1.29 is 55.1 Å². The van der Waals surface area contributed by atoms with Crippen LogP contribution in [0.25, 0.3) is 16.6 Å². The first kappa shape index (κ1) is 43.0. The van der Waals surface area contributed by atoms with E-state index in [-0.39, 0.29) is 36.4 Å². The maximum atomic E-state index is 15.8. The number of ether oxygens (including phenoxy) is 2. The minimum atomic E-state index is -5.08. The molecule has 3 aliphatic heterocycles. The number of alkyl halides is 4. The summed E-state index contributed by atoms with van der Waals surface area (Å²) in [5, 5.41) is 26.1. The number of halogens is 4. The molecule has 1 amide bonds. The van der Waals surface area contributed by atoms with Gasteiger partial charge in [0.15, 0.2) is 0 Å². The summed E-state index contributed by atoms with van der Waals surface area (Å²) in [6, 6.07) is 12.0. The van der Waals surface area contributed by atoms with E-state index in [1.54, 1.807) is 24.4 Å². The number of nitrogens with one attached hydrogen (secondary N) is 4. The number of aromatic nitrogens is 2. The number of hydrogen-bond donors (Lipinski definition) is 5. The second-order valence-corrected chi connectivity index (χ2v) is 15.8. The number of nitro benzene ring substituents is 1. The maximum absolute atomic E-state index is 15.8. The molecule has 7 rings (SSSR count). The number of carboxylic acid groups (broad SMARTS) is 1. The number of sulfonamides is 1. The Bertz CT molecular complexity index is 2320. The Morgan fingerprint density at radius 2 is 1.83 bits per heavy atom. The highest BCUT2D eigenvalue weighted by Crippen LogP contribution is 2.34. The monoisotopic (exact) mass is 847 g/mol. The summed E-state index contributed by atoms with van der Waals surface area (Å²) >= 11 is 0. The van der Waals surface area contributed by atoms with Crippen molar-refractivity contribution in [3.8, 4) is 11.5 Å². The van der Waals surface area contributed by atoms with Crippen LogP contribution in [0.1, 0.15) is 48.0 Å². The smallest absolute Gasteiger partial charge is 0.475 e. The zero-order chi connectivity index (χ0) is 42.4. The number of nitro groups is 1. The van der Waals surface area contributed by atoms with Crippen molar-refractivity contribution in [2.24, 2.45) is 0 Å². The summed E-state index contributed by atoms with van der Waals surface area (Å²) < 4.78 is 88.2. The van der Waals surface area contributed by atoms with E-state index in [1.807, 2.05) is 16.9 Å². The summed E-state index contributed by atoms with van der Waals surface area (Å²) in [6.45, 7) is 3.85. The number of H-pyrrole nitrogens is 1. The zero-order valence-corrected chi connectivity index (χ0v) is 32.2. The largest absolute Gasteiger partial charge is 0.490 e. The van der Waals surface area contributed by atoms with Crippen molar-refractivity contribution >= 4 is 49.9 Å². The highest BCUT2D eigenvalue weighted by atomic mass is 32.2. The SMILES string of the molecule is O=C(NS(=O)(=O)c1ccc(NCC2(F)CCN(C3CCOCC3)CC2)c([N+](=O)[O-])c1)c1ccc(C2=CCNCC2)cc1Oc1cnc2[nH]ccc2c1.O=C(O)C(F)(F)F. The molecule has 59 heavy (non-hydrogen) atoms. The van der Waals surface area contributed by atoms with Gasteiger partial charge in [0, 0.05) is 63.1 Å². The molecule has 0 saturated carbocycles. The molecule has 2 fully saturated rings. The van der Waals surface area contributed by atoms with Gasteiger partial charge in [-0.05, 0) is 86.2 Å². The number of pyridine rings is 1. The normalized spacial score (nSPS) is 17.6. The molecule has 316 valence electrons. The first-order valence-electron chi connectivity index (χ1n) is 18.6. The first-order valence-corrected chi connectivity index (χ1v) is 20.1. The zero-order valence-electron chi connectivity index (χ0n) is 31.4. The lowest BCUT2D eigenvalue weighted by molar-refractivity contribution is -0.384. The predicted molar refractivity (Wildman–Crippen MR) is 206 cm³/mol. The van der Waals surface area contributed by atoms with Crippen LogP contribution >= 0.6 is 0 Å². The summed E-state index contributed by atoms with van der Waals surface area (Å²) in [4.78, 5) is 43.0. The highest BCUT2D eigenvalue weighted by molar-refractivity contribution is 7.90. The number of aliphatic carboxylic acids is 1. The lowest BCUT2D eigenvalue weighted by Crippen LogP contribution is -2.50. The molecule has 5 heterocycles. The third-order valence-electron chi connectivity index (χ3n) is 10.2.